The standard InChI is InChI=1S/C20H18BrN3O/c1-14-2-8-17(9-3-14)23-18-10-11-19(22-13-18)24-20(25)12-15-4-6-16(21)7-5-15/h2-11,13,23H,12H2,1H3,(H,22,24,25). The van der Waals surface area contributed by atoms with Crippen LogP contribution in [0.2, 0.25) is 0 Å². The molecule has 0 fully saturated rings. The lowest BCUT2D eigenvalue weighted by molar-refractivity contribution is -0.115. The number of halogens is 1. The molecule has 5 heteroatoms. The first-order valence-electron chi connectivity index (χ1n) is 7.92. The summed E-state index contributed by atoms with van der Waals surface area (Å²) in [5.41, 5.74) is 4.04. The average molecular weight is 396 g/mol. The van der Waals surface area contributed by atoms with Gasteiger partial charge in [0.05, 0.1) is 18.3 Å². The molecular weight excluding hydrogens is 378 g/mol. The van der Waals surface area contributed by atoms with Crippen LogP contribution >= 0.6 is 15.9 Å². The molecule has 0 radical (unpaired) electrons. The Bertz CT molecular complexity index is 844. The second kappa shape index (κ2) is 7.94. The third-order valence-electron chi connectivity index (χ3n) is 3.65. The molecule has 1 amide bonds. The number of pyridine rings is 1. The van der Waals surface area contributed by atoms with Gasteiger partial charge >= 0.3 is 0 Å². The van der Waals surface area contributed by atoms with Crippen LogP contribution in [0.5, 0.6) is 0 Å². The summed E-state index contributed by atoms with van der Waals surface area (Å²) in [6.45, 7) is 2.05. The minimum absolute atomic E-state index is 0.0888. The summed E-state index contributed by atoms with van der Waals surface area (Å²) in [4.78, 5) is 16.4. The first kappa shape index (κ1) is 17.2. The van der Waals surface area contributed by atoms with E-state index in [-0.39, 0.29) is 5.91 Å². The van der Waals surface area contributed by atoms with Gasteiger partial charge in [0.25, 0.3) is 0 Å². The van der Waals surface area contributed by atoms with Gasteiger partial charge in [-0.2, -0.15) is 0 Å². The van der Waals surface area contributed by atoms with Crippen LogP contribution in [0.3, 0.4) is 0 Å². The Balaban J connectivity index is 1.57. The van der Waals surface area contributed by atoms with Gasteiger partial charge in [0.15, 0.2) is 0 Å². The summed E-state index contributed by atoms with van der Waals surface area (Å²) in [5, 5.41) is 6.09. The van der Waals surface area contributed by atoms with Gasteiger partial charge in [-0.05, 0) is 48.9 Å². The van der Waals surface area contributed by atoms with Gasteiger partial charge in [-0.3, -0.25) is 4.79 Å². The molecule has 2 N–H and O–H groups in total. The lowest BCUT2D eigenvalue weighted by Gasteiger charge is -2.08. The van der Waals surface area contributed by atoms with Crippen molar-refractivity contribution >= 4 is 39.0 Å². The van der Waals surface area contributed by atoms with Crippen LogP contribution < -0.4 is 10.6 Å². The molecule has 0 atom stereocenters. The molecule has 1 aromatic heterocycles. The molecule has 25 heavy (non-hydrogen) atoms. The Kier molecular flexibility index (Phi) is 5.46. The van der Waals surface area contributed by atoms with Gasteiger partial charge < -0.3 is 10.6 Å². The van der Waals surface area contributed by atoms with Crippen molar-refractivity contribution in [2.24, 2.45) is 0 Å². The topological polar surface area (TPSA) is 54.0 Å². The molecule has 2 aromatic carbocycles. The number of carbonyl (C=O) groups is 1. The van der Waals surface area contributed by atoms with Crippen molar-refractivity contribution < 1.29 is 4.79 Å². The largest absolute Gasteiger partial charge is 0.354 e. The predicted molar refractivity (Wildman–Crippen MR) is 105 cm³/mol. The molecule has 0 unspecified atom stereocenters. The predicted octanol–water partition coefficient (Wildman–Crippen LogP) is 5.08. The van der Waals surface area contributed by atoms with Crippen molar-refractivity contribution in [2.45, 2.75) is 13.3 Å². The highest BCUT2D eigenvalue weighted by Crippen LogP contribution is 2.18. The van der Waals surface area contributed by atoms with Gasteiger partial charge in [-0.25, -0.2) is 4.98 Å². The molecule has 0 aliphatic heterocycles. The van der Waals surface area contributed by atoms with E-state index in [1.807, 2.05) is 54.6 Å². The lowest BCUT2D eigenvalue weighted by atomic mass is 10.1. The summed E-state index contributed by atoms with van der Waals surface area (Å²) in [6.07, 6.45) is 2.02. The van der Waals surface area contributed by atoms with Crippen LogP contribution in [0.4, 0.5) is 17.2 Å². The number of hydrogen-bond acceptors (Lipinski definition) is 3. The molecule has 0 saturated carbocycles. The highest BCUT2D eigenvalue weighted by atomic mass is 79.9. The number of rotatable bonds is 5. The molecule has 0 saturated heterocycles. The fourth-order valence-electron chi connectivity index (χ4n) is 2.32. The number of hydrogen-bond donors (Lipinski definition) is 2. The highest BCUT2D eigenvalue weighted by molar-refractivity contribution is 9.10. The number of nitrogens with one attached hydrogen (secondary N) is 2. The Hall–Kier alpha value is -2.66. The smallest absolute Gasteiger partial charge is 0.229 e. The second-order valence-electron chi connectivity index (χ2n) is 5.77. The minimum Gasteiger partial charge on any atom is -0.354 e. The normalized spacial score (nSPS) is 10.3. The quantitative estimate of drug-likeness (QED) is 0.633. The summed E-state index contributed by atoms with van der Waals surface area (Å²) in [6, 6.07) is 19.5. The molecule has 0 bridgehead atoms. The van der Waals surface area contributed by atoms with Gasteiger partial charge in [-0.1, -0.05) is 45.8 Å². The van der Waals surface area contributed by atoms with Crippen molar-refractivity contribution in [3.05, 3.63) is 82.5 Å². The number of aryl methyl sites for hydroxylation is 1. The van der Waals surface area contributed by atoms with E-state index >= 15 is 0 Å². The monoisotopic (exact) mass is 395 g/mol. The zero-order chi connectivity index (χ0) is 17.6. The second-order valence-corrected chi connectivity index (χ2v) is 6.69. The first-order valence-corrected chi connectivity index (χ1v) is 8.72. The van der Waals surface area contributed by atoms with Gasteiger partial charge in [0, 0.05) is 10.2 Å². The van der Waals surface area contributed by atoms with Crippen LogP contribution in [-0.2, 0) is 11.2 Å². The van der Waals surface area contributed by atoms with E-state index in [0.29, 0.717) is 12.2 Å². The molecular formula is C20H18BrN3O. The summed E-state index contributed by atoms with van der Waals surface area (Å²) in [7, 11) is 0. The van der Waals surface area contributed by atoms with E-state index in [1.54, 1.807) is 12.3 Å². The molecule has 4 nitrogen and oxygen atoms in total. The summed E-state index contributed by atoms with van der Waals surface area (Å²) in [5.74, 6) is 0.450. The number of carbonyl (C=O) groups excluding carboxylic acids is 1. The van der Waals surface area contributed by atoms with Crippen molar-refractivity contribution in [1.29, 1.82) is 0 Å². The molecule has 0 spiro atoms. The van der Waals surface area contributed by atoms with E-state index in [2.05, 4.69) is 38.5 Å². The fraction of sp³-hybridized carbons (Fsp3) is 0.100. The molecule has 126 valence electrons. The maximum atomic E-state index is 12.1. The van der Waals surface area contributed by atoms with Crippen molar-refractivity contribution in [2.75, 3.05) is 10.6 Å². The van der Waals surface area contributed by atoms with Crippen molar-refractivity contribution in [1.82, 2.24) is 4.98 Å². The SMILES string of the molecule is Cc1ccc(Nc2ccc(NC(=O)Cc3ccc(Br)cc3)nc2)cc1. The van der Waals surface area contributed by atoms with E-state index < -0.39 is 0 Å². The van der Waals surface area contributed by atoms with Gasteiger partial charge in [0.1, 0.15) is 5.82 Å². The molecule has 3 rings (SSSR count). The summed E-state index contributed by atoms with van der Waals surface area (Å²) >= 11 is 3.38. The van der Waals surface area contributed by atoms with Crippen molar-refractivity contribution in [3.8, 4) is 0 Å². The van der Waals surface area contributed by atoms with Crippen molar-refractivity contribution in [3.63, 3.8) is 0 Å². The Labute approximate surface area is 155 Å². The number of aromatic nitrogens is 1. The van der Waals surface area contributed by atoms with Crippen LogP contribution in [0.1, 0.15) is 11.1 Å². The molecule has 3 aromatic rings. The average Bonchev–Trinajstić information content (AvgIpc) is 2.61. The fourth-order valence-corrected chi connectivity index (χ4v) is 2.58. The van der Waals surface area contributed by atoms with E-state index in [4.69, 9.17) is 0 Å². The molecule has 0 aliphatic rings. The van der Waals surface area contributed by atoms with Crippen LogP contribution in [-0.4, -0.2) is 10.9 Å². The van der Waals surface area contributed by atoms with E-state index in [9.17, 15) is 4.79 Å². The maximum Gasteiger partial charge on any atom is 0.229 e. The zero-order valence-electron chi connectivity index (χ0n) is 13.8. The highest BCUT2D eigenvalue weighted by Gasteiger charge is 2.05. The maximum absolute atomic E-state index is 12.1. The van der Waals surface area contributed by atoms with Gasteiger partial charge in [-0.15, -0.1) is 0 Å². The zero-order valence-corrected chi connectivity index (χ0v) is 15.4. The van der Waals surface area contributed by atoms with Crippen LogP contribution in [0.25, 0.3) is 0 Å². The lowest BCUT2D eigenvalue weighted by Crippen LogP contribution is -2.15. The third-order valence-corrected chi connectivity index (χ3v) is 4.18. The van der Waals surface area contributed by atoms with E-state index in [0.717, 1.165) is 21.4 Å². The number of benzene rings is 2. The number of amides is 1. The van der Waals surface area contributed by atoms with Crippen LogP contribution in [0, 0.1) is 6.92 Å². The third kappa shape index (κ3) is 5.16. The number of nitrogens with zero attached hydrogens (tertiary/aromatic N) is 1. The Morgan fingerprint density at radius 2 is 1.64 bits per heavy atom. The molecule has 0 aliphatic carbocycles. The molecule has 1 heterocycles. The van der Waals surface area contributed by atoms with E-state index in [1.165, 1.54) is 5.56 Å². The Morgan fingerprint density at radius 3 is 2.28 bits per heavy atom. The summed E-state index contributed by atoms with van der Waals surface area (Å²) < 4.78 is 0.995. The van der Waals surface area contributed by atoms with Crippen LogP contribution in [0.15, 0.2) is 71.3 Å². The number of anilines is 3. The first-order chi connectivity index (χ1) is 12.1. The minimum atomic E-state index is -0.0888. The van der Waals surface area contributed by atoms with Gasteiger partial charge in [0.2, 0.25) is 5.91 Å². The Morgan fingerprint density at radius 1 is 0.960 bits per heavy atom.